The molecule has 1 aromatic heterocycles. The summed E-state index contributed by atoms with van der Waals surface area (Å²) in [7, 11) is 0. The summed E-state index contributed by atoms with van der Waals surface area (Å²) in [5, 5.41) is 4.09. The second-order valence-electron chi connectivity index (χ2n) is 5.09. The van der Waals surface area contributed by atoms with Crippen molar-refractivity contribution in [2.75, 3.05) is 5.32 Å². The molecule has 0 spiro atoms. The third-order valence-corrected chi connectivity index (χ3v) is 3.86. The Balaban J connectivity index is 1.42. The first kappa shape index (κ1) is 13.4. The van der Waals surface area contributed by atoms with Gasteiger partial charge in [0.25, 0.3) is 0 Å². The molecule has 4 heteroatoms. The van der Waals surface area contributed by atoms with Gasteiger partial charge in [0, 0.05) is 18.4 Å². The van der Waals surface area contributed by atoms with Gasteiger partial charge in [-0.3, -0.25) is 4.98 Å². The molecular weight excluding hydrogens is 272 g/mol. The number of rotatable bonds is 5. The standard InChI is InChI=1S/C16H17ClN2O/c17-15-10-18-7-6-16(15)19-13-8-14(9-13)20-11-12-4-2-1-3-5-12/h1-7,10,13-14H,8-9,11H2,(H,18,19). The van der Waals surface area contributed by atoms with Crippen LogP contribution in [0.4, 0.5) is 5.69 Å². The fraction of sp³-hybridized carbons (Fsp3) is 0.312. The third kappa shape index (κ3) is 3.30. The molecule has 0 amide bonds. The van der Waals surface area contributed by atoms with E-state index in [2.05, 4.69) is 22.4 Å². The maximum atomic E-state index is 6.07. The summed E-state index contributed by atoms with van der Waals surface area (Å²) >= 11 is 6.07. The number of benzene rings is 1. The average Bonchev–Trinajstić information content (AvgIpc) is 2.44. The van der Waals surface area contributed by atoms with Crippen LogP contribution in [0.25, 0.3) is 0 Å². The van der Waals surface area contributed by atoms with E-state index in [1.807, 2.05) is 24.3 Å². The van der Waals surface area contributed by atoms with E-state index in [9.17, 15) is 0 Å². The van der Waals surface area contributed by atoms with Crippen molar-refractivity contribution in [2.45, 2.75) is 31.6 Å². The maximum Gasteiger partial charge on any atom is 0.0820 e. The first-order valence-corrected chi connectivity index (χ1v) is 7.20. The number of nitrogens with zero attached hydrogens (tertiary/aromatic N) is 1. The van der Waals surface area contributed by atoms with E-state index in [1.54, 1.807) is 12.4 Å². The Labute approximate surface area is 123 Å². The molecule has 0 aliphatic heterocycles. The molecule has 1 fully saturated rings. The van der Waals surface area contributed by atoms with Crippen LogP contribution in [0.5, 0.6) is 0 Å². The number of anilines is 1. The van der Waals surface area contributed by atoms with Crippen molar-refractivity contribution in [3.63, 3.8) is 0 Å². The molecule has 0 bridgehead atoms. The molecule has 1 saturated carbocycles. The van der Waals surface area contributed by atoms with Gasteiger partial charge >= 0.3 is 0 Å². The van der Waals surface area contributed by atoms with E-state index in [1.165, 1.54) is 5.56 Å². The number of hydrogen-bond acceptors (Lipinski definition) is 3. The van der Waals surface area contributed by atoms with E-state index in [-0.39, 0.29) is 0 Å². The van der Waals surface area contributed by atoms with Gasteiger partial charge in [-0.05, 0) is 24.5 Å². The fourth-order valence-electron chi connectivity index (χ4n) is 2.32. The summed E-state index contributed by atoms with van der Waals surface area (Å²) in [6.45, 7) is 0.689. The van der Waals surface area contributed by atoms with Crippen molar-refractivity contribution in [2.24, 2.45) is 0 Å². The smallest absolute Gasteiger partial charge is 0.0820 e. The monoisotopic (exact) mass is 288 g/mol. The van der Waals surface area contributed by atoms with Crippen LogP contribution in [-0.2, 0) is 11.3 Å². The molecule has 104 valence electrons. The first-order valence-electron chi connectivity index (χ1n) is 6.83. The second kappa shape index (κ2) is 6.25. The van der Waals surface area contributed by atoms with Crippen LogP contribution in [0.2, 0.25) is 5.02 Å². The van der Waals surface area contributed by atoms with Gasteiger partial charge in [-0.2, -0.15) is 0 Å². The highest BCUT2D eigenvalue weighted by Crippen LogP contribution is 2.30. The van der Waals surface area contributed by atoms with E-state index >= 15 is 0 Å². The minimum atomic E-state index is 0.341. The number of aromatic nitrogens is 1. The molecule has 0 saturated heterocycles. The molecule has 1 heterocycles. The molecule has 2 aromatic rings. The normalized spacial score (nSPS) is 21.2. The first-order chi connectivity index (χ1) is 9.81. The lowest BCUT2D eigenvalue weighted by Crippen LogP contribution is -2.40. The van der Waals surface area contributed by atoms with Crippen LogP contribution < -0.4 is 5.32 Å². The van der Waals surface area contributed by atoms with Crippen molar-refractivity contribution < 1.29 is 4.74 Å². The summed E-state index contributed by atoms with van der Waals surface area (Å²) in [4.78, 5) is 3.98. The number of nitrogens with one attached hydrogen (secondary N) is 1. The van der Waals surface area contributed by atoms with Crippen LogP contribution in [0, 0.1) is 0 Å². The Kier molecular flexibility index (Phi) is 4.19. The molecule has 1 N–H and O–H groups in total. The second-order valence-corrected chi connectivity index (χ2v) is 5.49. The Morgan fingerprint density at radius 1 is 1.20 bits per heavy atom. The number of ether oxygens (including phenoxy) is 1. The van der Waals surface area contributed by atoms with Crippen molar-refractivity contribution in [3.05, 3.63) is 59.4 Å². The predicted molar refractivity (Wildman–Crippen MR) is 80.9 cm³/mol. The molecule has 20 heavy (non-hydrogen) atoms. The van der Waals surface area contributed by atoms with Gasteiger partial charge in [0.15, 0.2) is 0 Å². The van der Waals surface area contributed by atoms with Gasteiger partial charge < -0.3 is 10.1 Å². The summed E-state index contributed by atoms with van der Waals surface area (Å²) in [5.41, 5.74) is 2.18. The van der Waals surface area contributed by atoms with E-state index in [0.29, 0.717) is 23.8 Å². The largest absolute Gasteiger partial charge is 0.381 e. The van der Waals surface area contributed by atoms with Crippen LogP contribution in [0.1, 0.15) is 18.4 Å². The lowest BCUT2D eigenvalue weighted by molar-refractivity contribution is -0.0150. The SMILES string of the molecule is Clc1cnccc1NC1CC(OCc2ccccc2)C1. The predicted octanol–water partition coefficient (Wildman–Crippen LogP) is 3.89. The van der Waals surface area contributed by atoms with E-state index in [4.69, 9.17) is 16.3 Å². The van der Waals surface area contributed by atoms with Gasteiger partial charge in [-0.25, -0.2) is 0 Å². The summed E-state index contributed by atoms with van der Waals surface area (Å²) in [5.74, 6) is 0. The lowest BCUT2D eigenvalue weighted by Gasteiger charge is -2.36. The van der Waals surface area contributed by atoms with E-state index < -0.39 is 0 Å². The van der Waals surface area contributed by atoms with Crippen molar-refractivity contribution in [1.29, 1.82) is 0 Å². The highest BCUT2D eigenvalue weighted by Gasteiger charge is 2.30. The van der Waals surface area contributed by atoms with Crippen LogP contribution >= 0.6 is 11.6 Å². The van der Waals surface area contributed by atoms with Crippen molar-refractivity contribution in [1.82, 2.24) is 4.98 Å². The van der Waals surface area contributed by atoms with Crippen LogP contribution in [0.3, 0.4) is 0 Å². The Hall–Kier alpha value is -1.58. The van der Waals surface area contributed by atoms with E-state index in [0.717, 1.165) is 18.5 Å². The maximum absolute atomic E-state index is 6.07. The zero-order valence-electron chi connectivity index (χ0n) is 11.1. The highest BCUT2D eigenvalue weighted by molar-refractivity contribution is 6.33. The molecular formula is C16H17ClN2O. The molecule has 3 nitrogen and oxygen atoms in total. The molecule has 0 atom stereocenters. The zero-order chi connectivity index (χ0) is 13.8. The topological polar surface area (TPSA) is 34.2 Å². The number of hydrogen-bond donors (Lipinski definition) is 1. The molecule has 0 radical (unpaired) electrons. The molecule has 3 rings (SSSR count). The quantitative estimate of drug-likeness (QED) is 0.906. The third-order valence-electron chi connectivity index (χ3n) is 3.56. The van der Waals surface area contributed by atoms with Gasteiger partial charge in [0.1, 0.15) is 0 Å². The minimum absolute atomic E-state index is 0.341. The van der Waals surface area contributed by atoms with Crippen LogP contribution in [-0.4, -0.2) is 17.1 Å². The average molecular weight is 289 g/mol. The van der Waals surface area contributed by atoms with Gasteiger partial charge in [0.2, 0.25) is 0 Å². The summed E-state index contributed by atoms with van der Waals surface area (Å²) in [6, 6.07) is 12.6. The van der Waals surface area contributed by atoms with Crippen molar-refractivity contribution >= 4 is 17.3 Å². The van der Waals surface area contributed by atoms with Gasteiger partial charge in [0.05, 0.1) is 23.4 Å². The highest BCUT2D eigenvalue weighted by atomic mass is 35.5. The zero-order valence-corrected chi connectivity index (χ0v) is 11.9. The Morgan fingerprint density at radius 2 is 2.00 bits per heavy atom. The Morgan fingerprint density at radius 3 is 2.75 bits per heavy atom. The fourth-order valence-corrected chi connectivity index (χ4v) is 2.49. The van der Waals surface area contributed by atoms with Crippen molar-refractivity contribution in [3.8, 4) is 0 Å². The molecule has 1 aliphatic carbocycles. The van der Waals surface area contributed by atoms with Gasteiger partial charge in [-0.15, -0.1) is 0 Å². The summed E-state index contributed by atoms with van der Waals surface area (Å²) in [6.07, 6.45) is 5.78. The number of pyridine rings is 1. The minimum Gasteiger partial charge on any atom is -0.381 e. The molecule has 1 aromatic carbocycles. The molecule has 0 unspecified atom stereocenters. The summed E-state index contributed by atoms with van der Waals surface area (Å²) < 4.78 is 5.88. The van der Waals surface area contributed by atoms with Gasteiger partial charge in [-0.1, -0.05) is 41.9 Å². The lowest BCUT2D eigenvalue weighted by atomic mass is 9.89. The molecule has 1 aliphatic rings. The van der Waals surface area contributed by atoms with Crippen LogP contribution in [0.15, 0.2) is 48.8 Å². The Bertz CT molecular complexity index is 555. The number of halogens is 1.